The number of benzene rings is 3. The largest absolute Gasteiger partial charge is 0.493 e. The molecule has 5 heteroatoms. The molecule has 0 spiro atoms. The topological polar surface area (TPSA) is 64.3 Å². The van der Waals surface area contributed by atoms with E-state index in [9.17, 15) is 4.79 Å². The molecule has 0 atom stereocenters. The third-order valence-corrected chi connectivity index (χ3v) is 5.60. The smallest absolute Gasteiger partial charge is 0.303 e. The number of carboxylic acid groups (broad SMARTS) is 1. The molecule has 0 saturated heterocycles. The first-order valence-corrected chi connectivity index (χ1v) is 11.5. The van der Waals surface area contributed by atoms with Crippen molar-refractivity contribution in [1.29, 1.82) is 0 Å². The molecule has 0 radical (unpaired) electrons. The Labute approximate surface area is 203 Å². The number of aliphatic carboxylic acids is 1. The number of hydrogen-bond donors (Lipinski definition) is 1. The third kappa shape index (κ3) is 5.93. The van der Waals surface area contributed by atoms with Crippen LogP contribution in [0.4, 0.5) is 0 Å². The van der Waals surface area contributed by atoms with E-state index < -0.39 is 12.5 Å². The number of carboxylic acids is 1. The van der Waals surface area contributed by atoms with Crippen LogP contribution in [0.3, 0.4) is 0 Å². The minimum absolute atomic E-state index is 0.147. The Kier molecular flexibility index (Phi) is 6.90. The van der Waals surface area contributed by atoms with Gasteiger partial charge in [0.05, 0.1) is 15.8 Å². The summed E-state index contributed by atoms with van der Waals surface area (Å²) in [5.74, 6) is 0.218. The number of carbonyl (C=O) groups is 1. The van der Waals surface area contributed by atoms with Crippen molar-refractivity contribution < 1.29 is 17.4 Å². The summed E-state index contributed by atoms with van der Waals surface area (Å²) in [6, 6.07) is 25.2. The van der Waals surface area contributed by atoms with Crippen LogP contribution < -0.4 is 4.74 Å². The summed E-state index contributed by atoms with van der Waals surface area (Å²) in [4.78, 5) is 15.2. The molecule has 174 valence electrons. The van der Waals surface area contributed by atoms with Crippen molar-refractivity contribution in [2.75, 3.05) is 6.61 Å². The van der Waals surface area contributed by atoms with E-state index in [1.807, 2.05) is 55.5 Å². The predicted molar refractivity (Wildman–Crippen MR) is 135 cm³/mol. The van der Waals surface area contributed by atoms with Crippen molar-refractivity contribution in [2.45, 2.75) is 39.1 Å². The van der Waals surface area contributed by atoms with Gasteiger partial charge in [0.15, 0.2) is 0 Å². The molecule has 0 amide bonds. The Morgan fingerprint density at radius 3 is 2.35 bits per heavy atom. The highest BCUT2D eigenvalue weighted by atomic mass is 16.5. The Balaban J connectivity index is 1.57. The Morgan fingerprint density at radius 1 is 0.912 bits per heavy atom. The van der Waals surface area contributed by atoms with Crippen LogP contribution in [0.2, 0.25) is 0 Å². The number of para-hydroxylation sites is 1. The summed E-state index contributed by atoms with van der Waals surface area (Å²) in [6.07, 6.45) is 3.87. The van der Waals surface area contributed by atoms with Gasteiger partial charge in [0.25, 0.3) is 0 Å². The van der Waals surface area contributed by atoms with Crippen molar-refractivity contribution in [1.82, 2.24) is 9.55 Å². The van der Waals surface area contributed by atoms with Crippen molar-refractivity contribution in [3.63, 3.8) is 0 Å². The number of nitrogens with zero attached hydrogens (tertiary/aromatic N) is 2. The van der Waals surface area contributed by atoms with Crippen LogP contribution >= 0.6 is 0 Å². The molecule has 0 fully saturated rings. The fraction of sp³-hybridized carbons (Fsp3) is 0.241. The quantitative estimate of drug-likeness (QED) is 0.258. The van der Waals surface area contributed by atoms with Crippen molar-refractivity contribution >= 4 is 5.97 Å². The summed E-state index contributed by atoms with van der Waals surface area (Å²) in [5.41, 5.74) is 4.14. The average molecular weight is 457 g/mol. The SMILES string of the molecule is [2H]C([2H])(c1ccccc1OCCCCCC(=O)O)n1c(C)cnc1-c1ccc(-c2ccccc2)cc1. The fourth-order valence-corrected chi connectivity index (χ4v) is 3.77. The molecule has 1 aromatic heterocycles. The Hall–Kier alpha value is -3.86. The number of rotatable bonds is 11. The summed E-state index contributed by atoms with van der Waals surface area (Å²) in [7, 11) is 0. The highest BCUT2D eigenvalue weighted by molar-refractivity contribution is 5.68. The van der Waals surface area contributed by atoms with Crippen molar-refractivity contribution in [2.24, 2.45) is 0 Å². The van der Waals surface area contributed by atoms with E-state index >= 15 is 0 Å². The third-order valence-electron chi connectivity index (χ3n) is 5.60. The van der Waals surface area contributed by atoms with Gasteiger partial charge in [-0.2, -0.15) is 0 Å². The zero-order valence-electron chi connectivity index (χ0n) is 21.3. The maximum atomic E-state index is 10.7. The Bertz CT molecular complexity index is 1300. The van der Waals surface area contributed by atoms with E-state index in [-0.39, 0.29) is 6.42 Å². The Morgan fingerprint density at radius 2 is 1.59 bits per heavy atom. The molecule has 4 aromatic rings. The van der Waals surface area contributed by atoms with Gasteiger partial charge in [0.1, 0.15) is 11.6 Å². The molecule has 0 aliphatic rings. The molecule has 5 nitrogen and oxygen atoms in total. The summed E-state index contributed by atoms with van der Waals surface area (Å²) in [6.45, 7) is 0.329. The molecule has 4 rings (SSSR count). The van der Waals surface area contributed by atoms with E-state index in [1.165, 1.54) is 0 Å². The van der Waals surface area contributed by atoms with E-state index in [2.05, 4.69) is 17.1 Å². The first kappa shape index (κ1) is 20.7. The lowest BCUT2D eigenvalue weighted by atomic mass is 10.0. The number of hydrogen-bond acceptors (Lipinski definition) is 3. The molecule has 0 aliphatic heterocycles. The number of imidazole rings is 1. The van der Waals surface area contributed by atoms with Crippen LogP contribution in [0.15, 0.2) is 85.1 Å². The summed E-state index contributed by atoms with van der Waals surface area (Å²) < 4.78 is 25.8. The molecule has 0 aliphatic carbocycles. The molecule has 34 heavy (non-hydrogen) atoms. The summed E-state index contributed by atoms with van der Waals surface area (Å²) in [5, 5.41) is 8.78. The molecule has 0 saturated carbocycles. The minimum atomic E-state index is -1.91. The van der Waals surface area contributed by atoms with Gasteiger partial charge in [-0.15, -0.1) is 0 Å². The highest BCUT2D eigenvalue weighted by Gasteiger charge is 2.13. The minimum Gasteiger partial charge on any atom is -0.493 e. The normalized spacial score (nSPS) is 12.1. The number of aromatic nitrogens is 2. The van der Waals surface area contributed by atoms with Gasteiger partial charge in [-0.05, 0) is 43.4 Å². The second-order valence-corrected chi connectivity index (χ2v) is 8.16. The van der Waals surface area contributed by atoms with Crippen LogP contribution in [0.1, 0.15) is 39.7 Å². The fourth-order valence-electron chi connectivity index (χ4n) is 3.77. The second-order valence-electron chi connectivity index (χ2n) is 8.16. The highest BCUT2D eigenvalue weighted by Crippen LogP contribution is 2.27. The maximum absolute atomic E-state index is 10.7. The van der Waals surface area contributed by atoms with Gasteiger partial charge < -0.3 is 14.4 Å². The van der Waals surface area contributed by atoms with Gasteiger partial charge in [-0.3, -0.25) is 4.79 Å². The van der Waals surface area contributed by atoms with Crippen LogP contribution in [-0.2, 0) is 11.3 Å². The molecule has 1 N–H and O–H groups in total. The molecule has 0 bridgehead atoms. The van der Waals surface area contributed by atoms with Crippen LogP contribution in [0, 0.1) is 6.92 Å². The zero-order chi connectivity index (χ0) is 25.5. The van der Waals surface area contributed by atoms with E-state index in [1.54, 1.807) is 29.0 Å². The average Bonchev–Trinajstić information content (AvgIpc) is 3.29. The second kappa shape index (κ2) is 11.3. The molecule has 0 unspecified atom stereocenters. The van der Waals surface area contributed by atoms with E-state index in [0.717, 1.165) is 23.1 Å². The zero-order valence-corrected chi connectivity index (χ0v) is 19.3. The molecular weight excluding hydrogens is 424 g/mol. The maximum Gasteiger partial charge on any atom is 0.303 e. The predicted octanol–water partition coefficient (Wildman–Crippen LogP) is 6.60. The number of aryl methyl sites for hydroxylation is 1. The van der Waals surface area contributed by atoms with E-state index in [4.69, 9.17) is 12.6 Å². The molecular formula is C29H30N2O3. The van der Waals surface area contributed by atoms with Crippen LogP contribution in [-0.4, -0.2) is 27.2 Å². The van der Waals surface area contributed by atoms with Gasteiger partial charge in [-0.25, -0.2) is 4.98 Å². The lowest BCUT2D eigenvalue weighted by molar-refractivity contribution is -0.137. The first-order valence-electron chi connectivity index (χ1n) is 12.5. The van der Waals surface area contributed by atoms with Gasteiger partial charge in [0, 0.05) is 29.4 Å². The standard InChI is InChI=1S/C29H30N2O3/c1-22-20-30-29(25-17-15-24(16-18-25)23-10-4-2-5-11-23)31(22)21-26-12-7-8-13-27(26)34-19-9-3-6-14-28(32)33/h2,4-5,7-8,10-13,15-18,20H,3,6,9,14,19,21H2,1H3,(H,32,33)/i21D2. The first-order chi connectivity index (χ1) is 17.4. The van der Waals surface area contributed by atoms with E-state index in [0.29, 0.717) is 42.3 Å². The van der Waals surface area contributed by atoms with Crippen LogP contribution in [0.5, 0.6) is 5.75 Å². The lowest BCUT2D eigenvalue weighted by Crippen LogP contribution is -2.07. The van der Waals surface area contributed by atoms with Gasteiger partial charge >= 0.3 is 5.97 Å². The molecule has 1 heterocycles. The monoisotopic (exact) mass is 456 g/mol. The lowest BCUT2D eigenvalue weighted by Gasteiger charge is -2.15. The van der Waals surface area contributed by atoms with Crippen LogP contribution in [0.25, 0.3) is 22.5 Å². The number of ether oxygens (including phenoxy) is 1. The van der Waals surface area contributed by atoms with Gasteiger partial charge in [-0.1, -0.05) is 72.8 Å². The van der Waals surface area contributed by atoms with Crippen molar-refractivity contribution in [3.05, 3.63) is 96.3 Å². The number of unbranched alkanes of at least 4 members (excludes halogenated alkanes) is 2. The summed E-state index contributed by atoms with van der Waals surface area (Å²) >= 11 is 0. The molecule has 3 aromatic carbocycles. The van der Waals surface area contributed by atoms with Crippen molar-refractivity contribution in [3.8, 4) is 28.3 Å². The van der Waals surface area contributed by atoms with Gasteiger partial charge in [0.2, 0.25) is 0 Å².